The van der Waals surface area contributed by atoms with Gasteiger partial charge in [-0.05, 0) is 48.4 Å². The maximum absolute atomic E-state index is 6.16. The van der Waals surface area contributed by atoms with E-state index in [2.05, 4.69) is 38.2 Å². The minimum absolute atomic E-state index is 0.217. The van der Waals surface area contributed by atoms with Gasteiger partial charge in [-0.3, -0.25) is 0 Å². The first-order valence-electron chi connectivity index (χ1n) is 7.21. The van der Waals surface area contributed by atoms with Gasteiger partial charge in [-0.1, -0.05) is 32.9 Å². The van der Waals surface area contributed by atoms with Gasteiger partial charge in [-0.15, -0.1) is 0 Å². The summed E-state index contributed by atoms with van der Waals surface area (Å²) in [5.41, 5.74) is 10.3. The Bertz CT molecular complexity index is 466. The van der Waals surface area contributed by atoms with E-state index in [0.29, 0.717) is 11.8 Å². The molecule has 98 valence electrons. The number of rotatable bonds is 3. The molecule has 3 unspecified atom stereocenters. The van der Waals surface area contributed by atoms with Crippen molar-refractivity contribution in [2.45, 2.75) is 45.1 Å². The maximum Gasteiger partial charge on any atom is 0.0534 e. The molecule has 1 fully saturated rings. The van der Waals surface area contributed by atoms with Crippen LogP contribution in [0.4, 0.5) is 5.69 Å². The fourth-order valence-electron chi connectivity index (χ4n) is 4.06. The number of hydrogen-bond donors (Lipinski definition) is 2. The highest BCUT2D eigenvalue weighted by Gasteiger charge is 2.58. The highest BCUT2D eigenvalue weighted by Crippen LogP contribution is 2.63. The van der Waals surface area contributed by atoms with Crippen molar-refractivity contribution in [1.82, 2.24) is 5.32 Å². The van der Waals surface area contributed by atoms with Crippen LogP contribution in [0.3, 0.4) is 0 Å². The van der Waals surface area contributed by atoms with E-state index < -0.39 is 0 Å². The van der Waals surface area contributed by atoms with Gasteiger partial charge in [0.15, 0.2) is 0 Å². The molecule has 2 nitrogen and oxygen atoms in total. The van der Waals surface area contributed by atoms with Crippen LogP contribution >= 0.6 is 0 Å². The van der Waals surface area contributed by atoms with Crippen LogP contribution in [0, 0.1) is 11.8 Å². The Morgan fingerprint density at radius 2 is 2.17 bits per heavy atom. The predicted molar refractivity (Wildman–Crippen MR) is 76.5 cm³/mol. The van der Waals surface area contributed by atoms with E-state index in [4.69, 9.17) is 5.73 Å². The van der Waals surface area contributed by atoms with Crippen LogP contribution in [0.5, 0.6) is 0 Å². The molecule has 0 heterocycles. The number of hydrogen-bond acceptors (Lipinski definition) is 2. The van der Waals surface area contributed by atoms with Crippen LogP contribution in [0.25, 0.3) is 0 Å². The van der Waals surface area contributed by atoms with Gasteiger partial charge in [0.2, 0.25) is 0 Å². The Labute approximate surface area is 110 Å². The second-order valence-corrected chi connectivity index (χ2v) is 6.48. The lowest BCUT2D eigenvalue weighted by molar-refractivity contribution is 0.190. The summed E-state index contributed by atoms with van der Waals surface area (Å²) in [5.74, 6) is 2.05. The molecular formula is C16H24N2. The van der Waals surface area contributed by atoms with E-state index in [-0.39, 0.29) is 5.54 Å². The third-order valence-corrected chi connectivity index (χ3v) is 4.95. The number of fused-ring (bicyclic) bond motifs is 4. The van der Waals surface area contributed by atoms with E-state index in [0.717, 1.165) is 18.2 Å². The second kappa shape index (κ2) is 3.99. The zero-order valence-corrected chi connectivity index (χ0v) is 11.7. The molecule has 1 aromatic carbocycles. The van der Waals surface area contributed by atoms with Gasteiger partial charge in [0.1, 0.15) is 0 Å². The van der Waals surface area contributed by atoms with E-state index in [1.165, 1.54) is 24.0 Å². The quantitative estimate of drug-likeness (QED) is 0.801. The number of benzene rings is 1. The largest absolute Gasteiger partial charge is 0.398 e. The average molecular weight is 244 g/mol. The lowest BCUT2D eigenvalue weighted by Gasteiger charge is -2.51. The summed E-state index contributed by atoms with van der Waals surface area (Å²) < 4.78 is 0. The molecule has 0 aromatic heterocycles. The number of nitrogen functional groups attached to an aromatic ring is 1. The van der Waals surface area contributed by atoms with Crippen LogP contribution in [0.2, 0.25) is 0 Å². The molecule has 0 bridgehead atoms. The number of nitrogens with one attached hydrogen (secondary N) is 1. The van der Waals surface area contributed by atoms with Crippen molar-refractivity contribution in [2.75, 3.05) is 12.3 Å². The first kappa shape index (κ1) is 12.0. The van der Waals surface area contributed by atoms with E-state index in [1.54, 1.807) is 0 Å². The molecule has 0 radical (unpaired) electrons. The molecule has 0 amide bonds. The smallest absolute Gasteiger partial charge is 0.0534 e. The first-order valence-corrected chi connectivity index (χ1v) is 7.21. The van der Waals surface area contributed by atoms with Gasteiger partial charge < -0.3 is 11.1 Å². The number of anilines is 1. The van der Waals surface area contributed by atoms with Gasteiger partial charge in [-0.25, -0.2) is 0 Å². The molecular weight excluding hydrogens is 220 g/mol. The Kier molecular flexibility index (Phi) is 2.67. The van der Waals surface area contributed by atoms with Crippen molar-refractivity contribution in [3.05, 3.63) is 29.3 Å². The maximum atomic E-state index is 6.16. The monoisotopic (exact) mass is 244 g/mol. The molecule has 0 saturated heterocycles. The molecule has 1 aromatic rings. The summed E-state index contributed by atoms with van der Waals surface area (Å²) >= 11 is 0. The highest BCUT2D eigenvalue weighted by atomic mass is 15.0. The predicted octanol–water partition coefficient (Wildman–Crippen LogP) is 3.24. The Hall–Kier alpha value is -1.02. The van der Waals surface area contributed by atoms with Gasteiger partial charge in [-0.2, -0.15) is 0 Å². The van der Waals surface area contributed by atoms with Gasteiger partial charge in [0.25, 0.3) is 0 Å². The summed E-state index contributed by atoms with van der Waals surface area (Å²) in [6.45, 7) is 8.03. The summed E-state index contributed by atoms with van der Waals surface area (Å²) in [5, 5.41) is 3.87. The van der Waals surface area contributed by atoms with E-state index >= 15 is 0 Å². The fraction of sp³-hybridized carbons (Fsp3) is 0.625. The zero-order valence-electron chi connectivity index (χ0n) is 11.7. The summed E-state index contributed by atoms with van der Waals surface area (Å²) in [7, 11) is 0. The molecule has 3 atom stereocenters. The van der Waals surface area contributed by atoms with Crippen molar-refractivity contribution >= 4 is 5.69 Å². The van der Waals surface area contributed by atoms with Crippen LogP contribution < -0.4 is 11.1 Å². The standard InChI is InChI=1S/C16H24N2/c1-10(2)9-18-16-11(3)7-8-13(16)15-12(16)5-4-6-14(15)17/h4-6,10-11,13,18H,7-9,17H2,1-3H3. The molecule has 3 rings (SSSR count). The molecule has 1 saturated carbocycles. The molecule has 0 aliphatic heterocycles. The van der Waals surface area contributed by atoms with Crippen LogP contribution in [-0.4, -0.2) is 6.54 Å². The van der Waals surface area contributed by atoms with Crippen LogP contribution in [0.15, 0.2) is 18.2 Å². The molecule has 18 heavy (non-hydrogen) atoms. The molecule has 3 N–H and O–H groups in total. The van der Waals surface area contributed by atoms with Crippen molar-refractivity contribution in [3.8, 4) is 0 Å². The topological polar surface area (TPSA) is 38.0 Å². The average Bonchev–Trinajstić information content (AvgIpc) is 2.56. The van der Waals surface area contributed by atoms with Crippen molar-refractivity contribution < 1.29 is 0 Å². The minimum atomic E-state index is 0.217. The SMILES string of the molecule is CC(C)CNC12c3cccc(N)c3C1CCC2C. The van der Waals surface area contributed by atoms with E-state index in [9.17, 15) is 0 Å². The molecule has 2 aliphatic rings. The highest BCUT2D eigenvalue weighted by molar-refractivity contribution is 5.64. The van der Waals surface area contributed by atoms with E-state index in [1.807, 2.05) is 6.07 Å². The van der Waals surface area contributed by atoms with Crippen LogP contribution in [0.1, 0.15) is 50.7 Å². The van der Waals surface area contributed by atoms with Crippen molar-refractivity contribution in [2.24, 2.45) is 11.8 Å². The summed E-state index contributed by atoms with van der Waals surface area (Å²) in [4.78, 5) is 0. The Morgan fingerprint density at radius 3 is 2.89 bits per heavy atom. The normalized spacial score (nSPS) is 33.1. The molecule has 0 spiro atoms. The molecule has 2 heteroatoms. The minimum Gasteiger partial charge on any atom is -0.398 e. The van der Waals surface area contributed by atoms with Crippen molar-refractivity contribution in [1.29, 1.82) is 0 Å². The second-order valence-electron chi connectivity index (χ2n) is 6.48. The van der Waals surface area contributed by atoms with Gasteiger partial charge in [0, 0.05) is 11.6 Å². The van der Waals surface area contributed by atoms with Crippen molar-refractivity contribution in [3.63, 3.8) is 0 Å². The zero-order chi connectivity index (χ0) is 12.9. The Balaban J connectivity index is 2.00. The lowest BCUT2D eigenvalue weighted by atomic mass is 9.60. The first-order chi connectivity index (χ1) is 8.57. The third-order valence-electron chi connectivity index (χ3n) is 4.95. The number of nitrogens with two attached hydrogens (primary N) is 1. The summed E-state index contributed by atoms with van der Waals surface area (Å²) in [6, 6.07) is 6.43. The summed E-state index contributed by atoms with van der Waals surface area (Å²) in [6.07, 6.45) is 2.59. The lowest BCUT2D eigenvalue weighted by Crippen LogP contribution is -2.56. The van der Waals surface area contributed by atoms with Gasteiger partial charge >= 0.3 is 0 Å². The molecule has 2 aliphatic carbocycles. The fourth-order valence-corrected chi connectivity index (χ4v) is 4.06. The third kappa shape index (κ3) is 1.38. The van der Waals surface area contributed by atoms with Gasteiger partial charge in [0.05, 0.1) is 5.54 Å². The Morgan fingerprint density at radius 1 is 1.39 bits per heavy atom. The van der Waals surface area contributed by atoms with Crippen LogP contribution in [-0.2, 0) is 5.54 Å².